The van der Waals surface area contributed by atoms with Crippen molar-refractivity contribution in [3.05, 3.63) is 29.6 Å². The van der Waals surface area contributed by atoms with E-state index in [-0.39, 0.29) is 6.10 Å². The van der Waals surface area contributed by atoms with Crippen LogP contribution >= 0.6 is 0 Å². The van der Waals surface area contributed by atoms with E-state index in [1.807, 2.05) is 12.3 Å². The van der Waals surface area contributed by atoms with E-state index in [0.717, 1.165) is 26.0 Å². The summed E-state index contributed by atoms with van der Waals surface area (Å²) >= 11 is 0. The molecule has 2 heterocycles. The Morgan fingerprint density at radius 2 is 2.32 bits per heavy atom. The van der Waals surface area contributed by atoms with Crippen LogP contribution in [0.15, 0.2) is 18.3 Å². The molecule has 0 bridgehead atoms. The standard InChI is InChI=1S/C15H24N2O2/c1-17(2)10-15-14(5-4-7-16-15)12-6-8-19-13(9-12)11-18-3/h4-5,7,12-13H,6,8-11H2,1-3H3. The van der Waals surface area contributed by atoms with Crippen molar-refractivity contribution in [2.24, 2.45) is 0 Å². The molecule has 2 unspecified atom stereocenters. The maximum Gasteiger partial charge on any atom is 0.0814 e. The van der Waals surface area contributed by atoms with Gasteiger partial charge in [0.2, 0.25) is 0 Å². The topological polar surface area (TPSA) is 34.6 Å². The molecular weight excluding hydrogens is 240 g/mol. The van der Waals surface area contributed by atoms with Gasteiger partial charge in [-0.2, -0.15) is 0 Å². The highest BCUT2D eigenvalue weighted by atomic mass is 16.5. The third-order valence-corrected chi connectivity index (χ3v) is 3.55. The van der Waals surface area contributed by atoms with Crippen molar-refractivity contribution in [2.45, 2.75) is 31.4 Å². The first-order valence-electron chi connectivity index (χ1n) is 6.89. The zero-order chi connectivity index (χ0) is 13.7. The second kappa shape index (κ2) is 6.98. The number of methoxy groups -OCH3 is 1. The number of ether oxygens (including phenoxy) is 2. The van der Waals surface area contributed by atoms with Gasteiger partial charge in [0.25, 0.3) is 0 Å². The van der Waals surface area contributed by atoms with E-state index in [1.54, 1.807) is 7.11 Å². The Hall–Kier alpha value is -0.970. The molecule has 0 radical (unpaired) electrons. The Balaban J connectivity index is 2.11. The molecule has 1 aliphatic rings. The van der Waals surface area contributed by atoms with Crippen molar-refractivity contribution in [1.29, 1.82) is 0 Å². The molecular formula is C15H24N2O2. The van der Waals surface area contributed by atoms with Crippen LogP contribution in [0.4, 0.5) is 0 Å². The van der Waals surface area contributed by atoms with Crippen molar-refractivity contribution < 1.29 is 9.47 Å². The van der Waals surface area contributed by atoms with E-state index in [2.05, 4.69) is 30.0 Å². The molecule has 2 rings (SSSR count). The van der Waals surface area contributed by atoms with Gasteiger partial charge in [0.15, 0.2) is 0 Å². The highest BCUT2D eigenvalue weighted by Gasteiger charge is 2.25. The highest BCUT2D eigenvalue weighted by molar-refractivity contribution is 5.25. The molecule has 2 atom stereocenters. The molecule has 1 aromatic heterocycles. The first-order valence-corrected chi connectivity index (χ1v) is 6.89. The summed E-state index contributed by atoms with van der Waals surface area (Å²) in [6.45, 7) is 2.39. The van der Waals surface area contributed by atoms with Gasteiger partial charge in [-0.15, -0.1) is 0 Å². The molecule has 0 aliphatic carbocycles. The van der Waals surface area contributed by atoms with Gasteiger partial charge < -0.3 is 14.4 Å². The van der Waals surface area contributed by atoms with Crippen LogP contribution in [0.2, 0.25) is 0 Å². The van der Waals surface area contributed by atoms with Crippen molar-refractivity contribution in [2.75, 3.05) is 34.4 Å². The third kappa shape index (κ3) is 4.00. The summed E-state index contributed by atoms with van der Waals surface area (Å²) in [7, 11) is 5.89. The van der Waals surface area contributed by atoms with E-state index in [9.17, 15) is 0 Å². The van der Waals surface area contributed by atoms with Crippen molar-refractivity contribution in [3.63, 3.8) is 0 Å². The van der Waals surface area contributed by atoms with Crippen LogP contribution in [0, 0.1) is 0 Å². The summed E-state index contributed by atoms with van der Waals surface area (Å²) in [5, 5.41) is 0. The fourth-order valence-corrected chi connectivity index (χ4v) is 2.72. The molecule has 1 fully saturated rings. The molecule has 1 aliphatic heterocycles. The summed E-state index contributed by atoms with van der Waals surface area (Å²) in [5.74, 6) is 0.539. The molecule has 0 saturated carbocycles. The molecule has 0 spiro atoms. The summed E-state index contributed by atoms with van der Waals surface area (Å²) in [6.07, 6.45) is 4.21. The molecule has 1 aromatic rings. The summed E-state index contributed by atoms with van der Waals surface area (Å²) in [6, 6.07) is 4.25. The normalized spacial score (nSPS) is 23.8. The Labute approximate surface area is 115 Å². The zero-order valence-corrected chi connectivity index (χ0v) is 12.1. The predicted octanol–water partition coefficient (Wildman–Crippen LogP) is 2.05. The van der Waals surface area contributed by atoms with Crippen LogP contribution < -0.4 is 0 Å². The van der Waals surface area contributed by atoms with E-state index in [4.69, 9.17) is 9.47 Å². The van der Waals surface area contributed by atoms with E-state index in [1.165, 1.54) is 11.3 Å². The smallest absolute Gasteiger partial charge is 0.0814 e. The van der Waals surface area contributed by atoms with Crippen molar-refractivity contribution >= 4 is 0 Å². The molecule has 106 valence electrons. The summed E-state index contributed by atoms with van der Waals surface area (Å²) in [5.41, 5.74) is 2.57. The first-order chi connectivity index (χ1) is 9.20. The highest BCUT2D eigenvalue weighted by Crippen LogP contribution is 2.31. The Kier molecular flexibility index (Phi) is 5.31. The van der Waals surface area contributed by atoms with Gasteiger partial charge in [-0.1, -0.05) is 6.07 Å². The Bertz CT molecular complexity index is 393. The van der Waals surface area contributed by atoms with Crippen LogP contribution in [-0.4, -0.2) is 50.4 Å². The third-order valence-electron chi connectivity index (χ3n) is 3.55. The number of aromatic nitrogens is 1. The lowest BCUT2D eigenvalue weighted by Crippen LogP contribution is -2.29. The van der Waals surface area contributed by atoms with E-state index >= 15 is 0 Å². The van der Waals surface area contributed by atoms with Crippen LogP contribution in [0.1, 0.15) is 30.0 Å². The van der Waals surface area contributed by atoms with Crippen LogP contribution in [0.5, 0.6) is 0 Å². The lowest BCUT2D eigenvalue weighted by molar-refractivity contribution is -0.0361. The molecule has 0 aromatic carbocycles. The maximum absolute atomic E-state index is 5.74. The van der Waals surface area contributed by atoms with Gasteiger partial charge in [-0.25, -0.2) is 0 Å². The minimum Gasteiger partial charge on any atom is -0.382 e. The molecule has 4 heteroatoms. The second-order valence-electron chi connectivity index (χ2n) is 5.45. The Morgan fingerprint density at radius 3 is 3.05 bits per heavy atom. The van der Waals surface area contributed by atoms with Gasteiger partial charge >= 0.3 is 0 Å². The minimum atomic E-state index is 0.219. The monoisotopic (exact) mass is 264 g/mol. The van der Waals surface area contributed by atoms with Crippen LogP contribution in [0.3, 0.4) is 0 Å². The SMILES string of the molecule is COCC1CC(c2cccnc2CN(C)C)CCO1. The average Bonchev–Trinajstić information content (AvgIpc) is 2.39. The average molecular weight is 264 g/mol. The fourth-order valence-electron chi connectivity index (χ4n) is 2.72. The van der Waals surface area contributed by atoms with Crippen molar-refractivity contribution in [1.82, 2.24) is 9.88 Å². The number of hydrogen-bond acceptors (Lipinski definition) is 4. The largest absolute Gasteiger partial charge is 0.382 e. The first kappa shape index (κ1) is 14.4. The second-order valence-corrected chi connectivity index (χ2v) is 5.45. The quantitative estimate of drug-likeness (QED) is 0.815. The van der Waals surface area contributed by atoms with Gasteiger partial charge in [-0.05, 0) is 44.5 Å². The number of rotatable bonds is 5. The predicted molar refractivity (Wildman–Crippen MR) is 75.2 cm³/mol. The van der Waals surface area contributed by atoms with Gasteiger partial charge in [0, 0.05) is 26.5 Å². The molecule has 19 heavy (non-hydrogen) atoms. The number of hydrogen-bond donors (Lipinski definition) is 0. The van der Waals surface area contributed by atoms with Crippen molar-refractivity contribution in [3.8, 4) is 0 Å². The fraction of sp³-hybridized carbons (Fsp3) is 0.667. The van der Waals surface area contributed by atoms with Gasteiger partial charge in [0.1, 0.15) is 0 Å². The van der Waals surface area contributed by atoms with Crippen LogP contribution in [-0.2, 0) is 16.0 Å². The minimum absolute atomic E-state index is 0.219. The Morgan fingerprint density at radius 1 is 1.47 bits per heavy atom. The lowest BCUT2D eigenvalue weighted by Gasteiger charge is -2.30. The zero-order valence-electron chi connectivity index (χ0n) is 12.1. The summed E-state index contributed by atoms with van der Waals surface area (Å²) in [4.78, 5) is 6.72. The van der Waals surface area contributed by atoms with E-state index in [0.29, 0.717) is 12.5 Å². The van der Waals surface area contributed by atoms with Crippen LogP contribution in [0.25, 0.3) is 0 Å². The maximum atomic E-state index is 5.74. The molecule has 4 nitrogen and oxygen atoms in total. The number of pyridine rings is 1. The van der Waals surface area contributed by atoms with Gasteiger partial charge in [-0.3, -0.25) is 4.98 Å². The van der Waals surface area contributed by atoms with Gasteiger partial charge in [0.05, 0.1) is 18.4 Å². The molecule has 0 N–H and O–H groups in total. The molecule has 0 amide bonds. The summed E-state index contributed by atoms with van der Waals surface area (Å²) < 4.78 is 10.9. The number of nitrogens with zero attached hydrogens (tertiary/aromatic N) is 2. The lowest BCUT2D eigenvalue weighted by atomic mass is 9.87. The molecule has 1 saturated heterocycles. The van der Waals surface area contributed by atoms with E-state index < -0.39 is 0 Å².